The Labute approximate surface area is 121 Å². The second kappa shape index (κ2) is 6.09. The fourth-order valence-corrected chi connectivity index (χ4v) is 3.36. The van der Waals surface area contributed by atoms with Gasteiger partial charge in [-0.3, -0.25) is 4.79 Å². The Morgan fingerprint density at radius 1 is 1.21 bits per heavy atom. The van der Waals surface area contributed by atoms with Gasteiger partial charge in [-0.15, -0.1) is 0 Å². The number of nitrogens with one attached hydrogen (secondary N) is 1. The molecule has 0 bridgehead atoms. The van der Waals surface area contributed by atoms with E-state index in [9.17, 15) is 13.2 Å². The standard InChI is InChI=1S/C11H13Cl2NO4S/c1-6(11(15)16)7(2)14-19(17,18)10-4-8(12)3-9(13)5-10/h3-7,14H,1-2H3,(H,15,16). The van der Waals surface area contributed by atoms with Crippen molar-refractivity contribution in [1.29, 1.82) is 0 Å². The smallest absolute Gasteiger partial charge is 0.307 e. The van der Waals surface area contributed by atoms with Gasteiger partial charge in [0.15, 0.2) is 0 Å². The summed E-state index contributed by atoms with van der Waals surface area (Å²) in [6.07, 6.45) is 0. The average molecular weight is 326 g/mol. The van der Waals surface area contributed by atoms with E-state index < -0.39 is 28.0 Å². The lowest BCUT2D eigenvalue weighted by Gasteiger charge is -2.18. The normalized spacial score (nSPS) is 14.9. The van der Waals surface area contributed by atoms with E-state index >= 15 is 0 Å². The molecule has 1 aromatic rings. The van der Waals surface area contributed by atoms with E-state index in [1.165, 1.54) is 32.0 Å². The van der Waals surface area contributed by atoms with Crippen LogP contribution >= 0.6 is 23.2 Å². The third-order valence-electron chi connectivity index (χ3n) is 2.63. The number of halogens is 2. The van der Waals surface area contributed by atoms with Crippen molar-refractivity contribution in [2.24, 2.45) is 5.92 Å². The van der Waals surface area contributed by atoms with Crippen LogP contribution in [0.4, 0.5) is 0 Å². The molecule has 19 heavy (non-hydrogen) atoms. The largest absolute Gasteiger partial charge is 0.481 e. The van der Waals surface area contributed by atoms with Gasteiger partial charge in [-0.2, -0.15) is 0 Å². The minimum absolute atomic E-state index is 0.102. The minimum Gasteiger partial charge on any atom is -0.481 e. The summed E-state index contributed by atoms with van der Waals surface area (Å²) in [5, 5.41) is 9.20. The Bertz CT molecular complexity index is 568. The molecule has 0 aliphatic heterocycles. The highest BCUT2D eigenvalue weighted by Gasteiger charge is 2.25. The lowest BCUT2D eigenvalue weighted by molar-refractivity contribution is -0.141. The molecule has 8 heteroatoms. The van der Waals surface area contributed by atoms with Gasteiger partial charge in [0, 0.05) is 16.1 Å². The molecule has 0 aromatic heterocycles. The number of carboxylic acids is 1. The van der Waals surface area contributed by atoms with Gasteiger partial charge in [0.05, 0.1) is 10.8 Å². The molecule has 0 amide bonds. The SMILES string of the molecule is CC(NS(=O)(=O)c1cc(Cl)cc(Cl)c1)C(C)C(=O)O. The lowest BCUT2D eigenvalue weighted by Crippen LogP contribution is -2.39. The first-order chi connectivity index (χ1) is 8.63. The molecule has 1 rings (SSSR count). The molecule has 106 valence electrons. The molecule has 1 aromatic carbocycles. The van der Waals surface area contributed by atoms with Gasteiger partial charge >= 0.3 is 5.97 Å². The van der Waals surface area contributed by atoms with E-state index in [4.69, 9.17) is 28.3 Å². The van der Waals surface area contributed by atoms with Crippen molar-refractivity contribution in [3.63, 3.8) is 0 Å². The number of carbonyl (C=O) groups is 1. The average Bonchev–Trinajstić information content (AvgIpc) is 2.25. The fourth-order valence-electron chi connectivity index (χ4n) is 1.31. The first-order valence-electron chi connectivity index (χ1n) is 5.34. The molecule has 0 aliphatic carbocycles. The highest BCUT2D eigenvalue weighted by atomic mass is 35.5. The summed E-state index contributed by atoms with van der Waals surface area (Å²) in [6.45, 7) is 2.89. The van der Waals surface area contributed by atoms with Gasteiger partial charge < -0.3 is 5.11 Å². The number of carboxylic acid groups (broad SMARTS) is 1. The van der Waals surface area contributed by atoms with Crippen LogP contribution in [-0.4, -0.2) is 25.5 Å². The van der Waals surface area contributed by atoms with Crippen molar-refractivity contribution in [3.05, 3.63) is 28.2 Å². The van der Waals surface area contributed by atoms with Crippen LogP contribution in [0.2, 0.25) is 10.0 Å². The summed E-state index contributed by atoms with van der Waals surface area (Å²) < 4.78 is 26.4. The summed E-state index contributed by atoms with van der Waals surface area (Å²) >= 11 is 11.5. The maximum absolute atomic E-state index is 12.1. The highest BCUT2D eigenvalue weighted by molar-refractivity contribution is 7.89. The van der Waals surface area contributed by atoms with Crippen LogP contribution in [0.15, 0.2) is 23.1 Å². The summed E-state index contributed by atoms with van der Waals surface area (Å²) in [5.41, 5.74) is 0. The van der Waals surface area contributed by atoms with Crippen LogP contribution < -0.4 is 4.72 Å². The van der Waals surface area contributed by atoms with Gasteiger partial charge in [-0.05, 0) is 25.1 Å². The van der Waals surface area contributed by atoms with Crippen LogP contribution in [0.25, 0.3) is 0 Å². The van der Waals surface area contributed by atoms with Crippen LogP contribution in [0.5, 0.6) is 0 Å². The Kier molecular flexibility index (Phi) is 5.20. The van der Waals surface area contributed by atoms with Gasteiger partial charge in [0.2, 0.25) is 10.0 Å². The number of benzene rings is 1. The quantitative estimate of drug-likeness (QED) is 0.870. The van der Waals surface area contributed by atoms with E-state index in [-0.39, 0.29) is 14.9 Å². The lowest BCUT2D eigenvalue weighted by atomic mass is 10.1. The predicted octanol–water partition coefficient (Wildman–Crippen LogP) is 2.38. The van der Waals surface area contributed by atoms with Crippen molar-refractivity contribution in [2.75, 3.05) is 0 Å². The zero-order valence-electron chi connectivity index (χ0n) is 10.2. The Morgan fingerprint density at radius 2 is 1.68 bits per heavy atom. The zero-order valence-corrected chi connectivity index (χ0v) is 12.6. The topological polar surface area (TPSA) is 83.5 Å². The molecule has 0 saturated carbocycles. The molecule has 2 unspecified atom stereocenters. The first-order valence-corrected chi connectivity index (χ1v) is 7.58. The van der Waals surface area contributed by atoms with Crippen LogP contribution in [-0.2, 0) is 14.8 Å². The number of hydrogen-bond donors (Lipinski definition) is 2. The van der Waals surface area contributed by atoms with Crippen molar-refractivity contribution < 1.29 is 18.3 Å². The molecular weight excluding hydrogens is 313 g/mol. The molecule has 0 saturated heterocycles. The van der Waals surface area contributed by atoms with Crippen LogP contribution in [0.1, 0.15) is 13.8 Å². The van der Waals surface area contributed by atoms with Gasteiger partial charge in [-0.1, -0.05) is 30.1 Å². The van der Waals surface area contributed by atoms with Gasteiger partial charge in [0.1, 0.15) is 0 Å². The molecule has 0 heterocycles. The van der Waals surface area contributed by atoms with Gasteiger partial charge in [-0.25, -0.2) is 13.1 Å². The zero-order chi connectivity index (χ0) is 14.8. The van der Waals surface area contributed by atoms with Gasteiger partial charge in [0.25, 0.3) is 0 Å². The van der Waals surface area contributed by atoms with Crippen molar-refractivity contribution >= 4 is 39.2 Å². The third-order valence-corrected chi connectivity index (χ3v) is 4.60. The predicted molar refractivity (Wildman–Crippen MR) is 73.0 cm³/mol. The molecule has 0 fully saturated rings. The van der Waals surface area contributed by atoms with Crippen molar-refractivity contribution in [3.8, 4) is 0 Å². The van der Waals surface area contributed by atoms with Crippen LogP contribution in [0.3, 0.4) is 0 Å². The van der Waals surface area contributed by atoms with E-state index in [1.807, 2.05) is 0 Å². The monoisotopic (exact) mass is 325 g/mol. The molecule has 2 N–H and O–H groups in total. The summed E-state index contributed by atoms with van der Waals surface area (Å²) in [4.78, 5) is 10.7. The molecule has 0 aliphatic rings. The minimum atomic E-state index is -3.87. The van der Waals surface area contributed by atoms with E-state index in [0.717, 1.165) is 0 Å². The van der Waals surface area contributed by atoms with Crippen molar-refractivity contribution in [2.45, 2.75) is 24.8 Å². The number of rotatable bonds is 5. The maximum atomic E-state index is 12.1. The Hall–Kier alpha value is -0.820. The van der Waals surface area contributed by atoms with Crippen molar-refractivity contribution in [1.82, 2.24) is 4.72 Å². The summed E-state index contributed by atoms with van der Waals surface area (Å²) in [7, 11) is -3.87. The number of aliphatic carboxylic acids is 1. The fraction of sp³-hybridized carbons (Fsp3) is 0.364. The van der Waals surface area contributed by atoms with Crippen LogP contribution in [0, 0.1) is 5.92 Å². The Balaban J connectivity index is 3.02. The summed E-state index contributed by atoms with van der Waals surface area (Å²) in [5.74, 6) is -1.94. The molecular formula is C11H13Cl2NO4S. The third kappa shape index (κ3) is 4.35. The highest BCUT2D eigenvalue weighted by Crippen LogP contribution is 2.22. The molecule has 2 atom stereocenters. The Morgan fingerprint density at radius 3 is 2.11 bits per heavy atom. The number of sulfonamides is 1. The van der Waals surface area contributed by atoms with E-state index in [1.54, 1.807) is 0 Å². The second-order valence-electron chi connectivity index (χ2n) is 4.14. The first kappa shape index (κ1) is 16.2. The van der Waals surface area contributed by atoms with E-state index in [2.05, 4.69) is 4.72 Å². The molecule has 0 radical (unpaired) electrons. The second-order valence-corrected chi connectivity index (χ2v) is 6.73. The molecule has 5 nitrogen and oxygen atoms in total. The summed E-state index contributed by atoms with van der Waals surface area (Å²) in [6, 6.07) is 3.13. The maximum Gasteiger partial charge on any atom is 0.307 e. The molecule has 0 spiro atoms. The van der Waals surface area contributed by atoms with E-state index in [0.29, 0.717) is 0 Å². The number of hydrogen-bond acceptors (Lipinski definition) is 3.